The normalized spacial score (nSPS) is 21.8. The van der Waals surface area contributed by atoms with E-state index in [9.17, 15) is 0 Å². The van der Waals surface area contributed by atoms with Crippen LogP contribution in [0, 0.1) is 5.92 Å². The van der Waals surface area contributed by atoms with Gasteiger partial charge >= 0.3 is 0 Å². The lowest BCUT2D eigenvalue weighted by atomic mass is 9.95. The van der Waals surface area contributed by atoms with Gasteiger partial charge in [-0.05, 0) is 67.7 Å². The second-order valence-corrected chi connectivity index (χ2v) is 9.09. The number of rotatable bonds is 4. The van der Waals surface area contributed by atoms with Gasteiger partial charge in [0.15, 0.2) is 0 Å². The zero-order chi connectivity index (χ0) is 19.5. The predicted octanol–water partition coefficient (Wildman–Crippen LogP) is 5.51. The van der Waals surface area contributed by atoms with Gasteiger partial charge in [-0.2, -0.15) is 0 Å². The molecule has 1 atom stereocenters. The molecule has 2 heterocycles. The van der Waals surface area contributed by atoms with E-state index in [1.165, 1.54) is 24.9 Å². The SMILES string of the molecule is Clc1ccc([C@@H]2CN(CC3CCNCC3)CCN2c2ccc(Cl)cc2Cl)cc1. The highest BCUT2D eigenvalue weighted by molar-refractivity contribution is 6.36. The van der Waals surface area contributed by atoms with E-state index < -0.39 is 0 Å². The van der Waals surface area contributed by atoms with Crippen molar-refractivity contribution in [2.45, 2.75) is 18.9 Å². The minimum atomic E-state index is 0.242. The Morgan fingerprint density at radius 3 is 2.32 bits per heavy atom. The standard InChI is InChI=1S/C22H26Cl3N3/c23-18-3-1-17(2-4-18)22-15-27(14-16-7-9-26-10-8-16)11-12-28(22)21-6-5-19(24)13-20(21)25/h1-6,13,16,22,26H,7-12,14-15H2/t22-/m0/s1. The second kappa shape index (κ2) is 9.23. The van der Waals surface area contributed by atoms with Gasteiger partial charge in [0.05, 0.1) is 16.8 Å². The highest BCUT2D eigenvalue weighted by Gasteiger charge is 2.31. The molecule has 4 rings (SSSR count). The topological polar surface area (TPSA) is 18.5 Å². The summed E-state index contributed by atoms with van der Waals surface area (Å²) < 4.78 is 0. The van der Waals surface area contributed by atoms with E-state index in [-0.39, 0.29) is 6.04 Å². The van der Waals surface area contributed by atoms with Crippen LogP contribution in [0.3, 0.4) is 0 Å². The number of nitrogens with zero attached hydrogens (tertiary/aromatic N) is 2. The van der Waals surface area contributed by atoms with E-state index in [0.717, 1.165) is 49.4 Å². The van der Waals surface area contributed by atoms with Crippen molar-refractivity contribution in [3.05, 3.63) is 63.1 Å². The van der Waals surface area contributed by atoms with Crippen molar-refractivity contribution in [2.24, 2.45) is 5.92 Å². The van der Waals surface area contributed by atoms with Crippen molar-refractivity contribution >= 4 is 40.5 Å². The van der Waals surface area contributed by atoms with Crippen LogP contribution in [0.25, 0.3) is 0 Å². The van der Waals surface area contributed by atoms with E-state index in [0.29, 0.717) is 10.0 Å². The predicted molar refractivity (Wildman–Crippen MR) is 120 cm³/mol. The molecule has 0 aromatic heterocycles. The number of anilines is 1. The Morgan fingerprint density at radius 2 is 1.61 bits per heavy atom. The van der Waals surface area contributed by atoms with Gasteiger partial charge in [0.25, 0.3) is 0 Å². The molecular weight excluding hydrogens is 413 g/mol. The van der Waals surface area contributed by atoms with Gasteiger partial charge in [0, 0.05) is 36.2 Å². The Kier molecular flexibility index (Phi) is 6.70. The molecule has 2 aromatic rings. The van der Waals surface area contributed by atoms with E-state index in [1.807, 2.05) is 30.3 Å². The van der Waals surface area contributed by atoms with Crippen LogP contribution >= 0.6 is 34.8 Å². The summed E-state index contributed by atoms with van der Waals surface area (Å²) in [4.78, 5) is 5.04. The molecule has 0 spiro atoms. The molecule has 0 amide bonds. The first-order valence-electron chi connectivity index (χ1n) is 10.0. The monoisotopic (exact) mass is 437 g/mol. The molecule has 2 aromatic carbocycles. The van der Waals surface area contributed by atoms with Crippen molar-refractivity contribution in [3.8, 4) is 0 Å². The quantitative estimate of drug-likeness (QED) is 0.679. The maximum atomic E-state index is 6.57. The lowest BCUT2D eigenvalue weighted by Gasteiger charge is -2.44. The van der Waals surface area contributed by atoms with E-state index >= 15 is 0 Å². The maximum absolute atomic E-state index is 6.57. The number of hydrogen-bond acceptors (Lipinski definition) is 3. The molecule has 1 N–H and O–H groups in total. The maximum Gasteiger partial charge on any atom is 0.0670 e. The molecule has 2 aliphatic heterocycles. The number of hydrogen-bond donors (Lipinski definition) is 1. The van der Waals surface area contributed by atoms with Gasteiger partial charge in [-0.25, -0.2) is 0 Å². The molecule has 0 unspecified atom stereocenters. The lowest BCUT2D eigenvalue weighted by Crippen LogP contribution is -2.50. The molecular formula is C22H26Cl3N3. The fourth-order valence-corrected chi connectivity index (χ4v) is 5.05. The largest absolute Gasteiger partial charge is 0.361 e. The van der Waals surface area contributed by atoms with Crippen molar-refractivity contribution in [3.63, 3.8) is 0 Å². The molecule has 6 heteroatoms. The summed E-state index contributed by atoms with van der Waals surface area (Å²) in [6.07, 6.45) is 2.55. The average Bonchev–Trinajstić information content (AvgIpc) is 2.70. The summed E-state index contributed by atoms with van der Waals surface area (Å²) in [5.74, 6) is 0.790. The first kappa shape index (κ1) is 20.3. The molecule has 0 bridgehead atoms. The Balaban J connectivity index is 1.58. The molecule has 0 aliphatic carbocycles. The van der Waals surface area contributed by atoms with Crippen molar-refractivity contribution in [1.82, 2.24) is 10.2 Å². The van der Waals surface area contributed by atoms with E-state index in [1.54, 1.807) is 0 Å². The van der Waals surface area contributed by atoms with Crippen LogP contribution in [0.15, 0.2) is 42.5 Å². The highest BCUT2D eigenvalue weighted by Crippen LogP contribution is 2.37. The van der Waals surface area contributed by atoms with Gasteiger partial charge < -0.3 is 10.2 Å². The Hall–Kier alpha value is -0.970. The van der Waals surface area contributed by atoms with Crippen molar-refractivity contribution in [1.29, 1.82) is 0 Å². The summed E-state index contributed by atoms with van der Waals surface area (Å²) in [6.45, 7) is 6.45. The molecule has 0 radical (unpaired) electrons. The Bertz CT molecular complexity index is 790. The van der Waals surface area contributed by atoms with Gasteiger partial charge in [0.2, 0.25) is 0 Å². The first-order chi connectivity index (χ1) is 13.6. The molecule has 3 nitrogen and oxygen atoms in total. The summed E-state index contributed by atoms with van der Waals surface area (Å²) >= 11 is 18.8. The molecule has 2 aliphatic rings. The first-order valence-corrected chi connectivity index (χ1v) is 11.1. The molecule has 150 valence electrons. The average molecular weight is 439 g/mol. The summed E-state index contributed by atoms with van der Waals surface area (Å²) in [6, 6.07) is 14.3. The third-order valence-corrected chi connectivity index (χ3v) is 6.70. The van der Waals surface area contributed by atoms with Crippen molar-refractivity contribution < 1.29 is 0 Å². The van der Waals surface area contributed by atoms with Crippen LogP contribution < -0.4 is 10.2 Å². The number of nitrogens with one attached hydrogen (secondary N) is 1. The fraction of sp³-hybridized carbons (Fsp3) is 0.455. The Morgan fingerprint density at radius 1 is 0.893 bits per heavy atom. The molecule has 28 heavy (non-hydrogen) atoms. The van der Waals surface area contributed by atoms with Gasteiger partial charge in [-0.3, -0.25) is 4.90 Å². The smallest absolute Gasteiger partial charge is 0.0670 e. The van der Waals surface area contributed by atoms with Crippen LogP contribution in [0.1, 0.15) is 24.4 Å². The Labute approximate surface area is 182 Å². The minimum absolute atomic E-state index is 0.242. The van der Waals surface area contributed by atoms with Gasteiger partial charge in [0.1, 0.15) is 0 Å². The number of halogens is 3. The molecule has 2 saturated heterocycles. The zero-order valence-electron chi connectivity index (χ0n) is 15.9. The number of benzene rings is 2. The van der Waals surface area contributed by atoms with Crippen LogP contribution in [0.2, 0.25) is 15.1 Å². The third kappa shape index (κ3) is 4.77. The van der Waals surface area contributed by atoms with Crippen LogP contribution in [0.5, 0.6) is 0 Å². The van der Waals surface area contributed by atoms with Crippen LogP contribution in [0.4, 0.5) is 5.69 Å². The minimum Gasteiger partial charge on any atom is -0.361 e. The van der Waals surface area contributed by atoms with Gasteiger partial charge in [-0.15, -0.1) is 0 Å². The molecule has 2 fully saturated rings. The van der Waals surface area contributed by atoms with Gasteiger partial charge in [-0.1, -0.05) is 46.9 Å². The summed E-state index contributed by atoms with van der Waals surface area (Å²) in [5.41, 5.74) is 2.32. The highest BCUT2D eigenvalue weighted by atomic mass is 35.5. The van der Waals surface area contributed by atoms with Crippen molar-refractivity contribution in [2.75, 3.05) is 44.2 Å². The van der Waals surface area contributed by atoms with Crippen LogP contribution in [-0.2, 0) is 0 Å². The van der Waals surface area contributed by atoms with Crippen LogP contribution in [-0.4, -0.2) is 44.2 Å². The van der Waals surface area contributed by atoms with E-state index in [2.05, 4.69) is 27.2 Å². The number of piperidine rings is 1. The number of piperazine rings is 1. The third-order valence-electron chi connectivity index (χ3n) is 5.91. The zero-order valence-corrected chi connectivity index (χ0v) is 18.1. The summed E-state index contributed by atoms with van der Waals surface area (Å²) in [5, 5.41) is 5.61. The van der Waals surface area contributed by atoms with E-state index in [4.69, 9.17) is 34.8 Å². The fourth-order valence-electron chi connectivity index (χ4n) is 4.41. The lowest BCUT2D eigenvalue weighted by molar-refractivity contribution is 0.174. The summed E-state index contributed by atoms with van der Waals surface area (Å²) in [7, 11) is 0. The second-order valence-electron chi connectivity index (χ2n) is 7.81. The molecule has 0 saturated carbocycles.